The van der Waals surface area contributed by atoms with Crippen molar-refractivity contribution in [3.63, 3.8) is 0 Å². The lowest BCUT2D eigenvalue weighted by Crippen LogP contribution is -2.43. The zero-order chi connectivity index (χ0) is 14.0. The minimum Gasteiger partial charge on any atom is -0.494 e. The van der Waals surface area contributed by atoms with Crippen LogP contribution in [0.15, 0.2) is 28.7 Å². The molecule has 1 aliphatic rings. The fraction of sp³-hybridized carbons (Fsp3) is 0.625. The van der Waals surface area contributed by atoms with Crippen molar-refractivity contribution in [2.24, 2.45) is 0 Å². The highest BCUT2D eigenvalue weighted by molar-refractivity contribution is 9.10. The maximum atomic E-state index is 5.72. The van der Waals surface area contributed by atoms with Crippen molar-refractivity contribution in [1.82, 2.24) is 10.2 Å². The summed E-state index contributed by atoms with van der Waals surface area (Å²) in [6.45, 7) is 6.83. The largest absolute Gasteiger partial charge is 0.494 e. The van der Waals surface area contributed by atoms with Gasteiger partial charge < -0.3 is 15.0 Å². The molecule has 0 unspecified atom stereocenters. The highest BCUT2D eigenvalue weighted by Gasteiger charge is 2.07. The molecular weight excluding hydrogens is 316 g/mol. The lowest BCUT2D eigenvalue weighted by atomic mass is 10.2. The fourth-order valence-corrected chi connectivity index (χ4v) is 2.71. The first-order chi connectivity index (χ1) is 9.84. The molecule has 20 heavy (non-hydrogen) atoms. The number of nitrogens with one attached hydrogen (secondary N) is 1. The summed E-state index contributed by atoms with van der Waals surface area (Å²) < 4.78 is 6.81. The molecule has 0 aromatic heterocycles. The molecule has 1 saturated heterocycles. The molecular formula is C16H25BrN2O. The lowest BCUT2D eigenvalue weighted by molar-refractivity contribution is 0.234. The van der Waals surface area contributed by atoms with Crippen molar-refractivity contribution >= 4 is 15.9 Å². The van der Waals surface area contributed by atoms with Gasteiger partial charge in [-0.3, -0.25) is 0 Å². The van der Waals surface area contributed by atoms with Crippen LogP contribution in [-0.2, 0) is 0 Å². The Morgan fingerprint density at radius 2 is 1.70 bits per heavy atom. The lowest BCUT2D eigenvalue weighted by Gasteiger charge is -2.26. The molecule has 0 amide bonds. The number of halogens is 1. The number of ether oxygens (including phenoxy) is 1. The first kappa shape index (κ1) is 15.8. The zero-order valence-electron chi connectivity index (χ0n) is 12.1. The highest BCUT2D eigenvalue weighted by atomic mass is 79.9. The van der Waals surface area contributed by atoms with E-state index in [9.17, 15) is 0 Å². The number of unbranched alkanes of at least 4 members (excludes halogenated alkanes) is 3. The fourth-order valence-electron chi connectivity index (χ4n) is 2.45. The molecule has 0 radical (unpaired) electrons. The summed E-state index contributed by atoms with van der Waals surface area (Å²) in [4.78, 5) is 2.56. The van der Waals surface area contributed by atoms with Crippen molar-refractivity contribution in [3.8, 4) is 5.75 Å². The van der Waals surface area contributed by atoms with Gasteiger partial charge in [-0.25, -0.2) is 0 Å². The van der Waals surface area contributed by atoms with Gasteiger partial charge in [0.15, 0.2) is 0 Å². The summed E-state index contributed by atoms with van der Waals surface area (Å²) in [6, 6.07) is 8.05. The van der Waals surface area contributed by atoms with Crippen LogP contribution in [0.4, 0.5) is 0 Å². The van der Waals surface area contributed by atoms with Gasteiger partial charge in [-0.15, -0.1) is 0 Å². The Hall–Kier alpha value is -0.580. The predicted octanol–water partition coefficient (Wildman–Crippen LogP) is 3.29. The Labute approximate surface area is 130 Å². The van der Waals surface area contributed by atoms with Gasteiger partial charge in [-0.1, -0.05) is 28.8 Å². The summed E-state index contributed by atoms with van der Waals surface area (Å²) in [5.41, 5.74) is 0. The van der Waals surface area contributed by atoms with E-state index in [4.69, 9.17) is 4.74 Å². The van der Waals surface area contributed by atoms with E-state index in [-0.39, 0.29) is 0 Å². The third kappa shape index (κ3) is 6.25. The summed E-state index contributed by atoms with van der Waals surface area (Å²) in [6.07, 6.45) is 5.05. The van der Waals surface area contributed by atoms with Gasteiger partial charge >= 0.3 is 0 Å². The van der Waals surface area contributed by atoms with Crippen molar-refractivity contribution in [2.45, 2.75) is 25.7 Å². The van der Waals surface area contributed by atoms with Crippen molar-refractivity contribution < 1.29 is 4.74 Å². The topological polar surface area (TPSA) is 24.5 Å². The van der Waals surface area contributed by atoms with Crippen LogP contribution in [0.5, 0.6) is 5.75 Å². The number of piperazine rings is 1. The third-order valence-corrected chi connectivity index (χ3v) is 4.19. The second-order valence-corrected chi connectivity index (χ2v) is 6.22. The number of rotatable bonds is 8. The Morgan fingerprint density at radius 3 is 2.45 bits per heavy atom. The van der Waals surface area contributed by atoms with E-state index in [0.29, 0.717) is 0 Å². The Kier molecular flexibility index (Phi) is 7.41. The average molecular weight is 341 g/mol. The SMILES string of the molecule is Brc1ccc(OCCCCCCN2CCNCC2)cc1. The van der Waals surface area contributed by atoms with E-state index in [1.54, 1.807) is 0 Å². The minimum atomic E-state index is 0.829. The van der Waals surface area contributed by atoms with Crippen LogP contribution in [0.1, 0.15) is 25.7 Å². The molecule has 2 rings (SSSR count). The number of hydrogen-bond acceptors (Lipinski definition) is 3. The Bertz CT molecular complexity index is 363. The zero-order valence-corrected chi connectivity index (χ0v) is 13.7. The molecule has 0 bridgehead atoms. The van der Waals surface area contributed by atoms with Gasteiger partial charge in [0.25, 0.3) is 0 Å². The van der Waals surface area contributed by atoms with Gasteiger partial charge in [0.2, 0.25) is 0 Å². The molecule has 0 saturated carbocycles. The van der Waals surface area contributed by atoms with Crippen molar-refractivity contribution in [1.29, 1.82) is 0 Å². The quantitative estimate of drug-likeness (QED) is 0.735. The van der Waals surface area contributed by atoms with Crippen LogP contribution in [0.25, 0.3) is 0 Å². The van der Waals surface area contributed by atoms with E-state index >= 15 is 0 Å². The van der Waals surface area contributed by atoms with Crippen molar-refractivity contribution in [3.05, 3.63) is 28.7 Å². The van der Waals surface area contributed by atoms with Crippen molar-refractivity contribution in [2.75, 3.05) is 39.3 Å². The van der Waals surface area contributed by atoms with Crippen LogP contribution in [0.3, 0.4) is 0 Å². The minimum absolute atomic E-state index is 0.829. The Balaban J connectivity index is 1.44. The molecule has 0 spiro atoms. The average Bonchev–Trinajstić information content (AvgIpc) is 2.49. The summed E-state index contributed by atoms with van der Waals surface area (Å²) in [7, 11) is 0. The first-order valence-corrected chi connectivity index (χ1v) is 8.45. The van der Waals surface area contributed by atoms with Gasteiger partial charge in [-0.2, -0.15) is 0 Å². The second kappa shape index (κ2) is 9.37. The molecule has 1 heterocycles. The van der Waals surface area contributed by atoms with E-state index in [0.717, 1.165) is 36.3 Å². The standard InChI is InChI=1S/C16H25BrN2O/c17-15-5-7-16(8-6-15)20-14-4-2-1-3-11-19-12-9-18-10-13-19/h5-8,18H,1-4,9-14H2. The third-order valence-electron chi connectivity index (χ3n) is 3.66. The maximum Gasteiger partial charge on any atom is 0.119 e. The van der Waals surface area contributed by atoms with E-state index in [1.807, 2.05) is 24.3 Å². The molecule has 112 valence electrons. The second-order valence-electron chi connectivity index (χ2n) is 5.31. The summed E-state index contributed by atoms with van der Waals surface area (Å²) in [5, 5.41) is 3.39. The molecule has 0 aliphatic carbocycles. The van der Waals surface area contributed by atoms with Gasteiger partial charge in [0, 0.05) is 30.7 Å². The van der Waals surface area contributed by atoms with Gasteiger partial charge in [0.05, 0.1) is 6.61 Å². The Morgan fingerprint density at radius 1 is 1.00 bits per heavy atom. The van der Waals surface area contributed by atoms with Crippen LogP contribution in [0.2, 0.25) is 0 Å². The predicted molar refractivity (Wildman–Crippen MR) is 87.4 cm³/mol. The number of hydrogen-bond donors (Lipinski definition) is 1. The van der Waals surface area contributed by atoms with E-state index in [1.165, 1.54) is 38.9 Å². The normalized spacial score (nSPS) is 16.2. The molecule has 1 N–H and O–H groups in total. The van der Waals surface area contributed by atoms with Crippen LogP contribution < -0.4 is 10.1 Å². The van der Waals surface area contributed by atoms with Gasteiger partial charge in [0.1, 0.15) is 5.75 Å². The maximum absolute atomic E-state index is 5.72. The highest BCUT2D eigenvalue weighted by Crippen LogP contribution is 2.16. The molecule has 0 atom stereocenters. The first-order valence-electron chi connectivity index (χ1n) is 7.66. The summed E-state index contributed by atoms with van der Waals surface area (Å²) >= 11 is 3.43. The molecule has 1 fully saturated rings. The number of nitrogens with zero attached hydrogens (tertiary/aromatic N) is 1. The molecule has 4 heteroatoms. The van der Waals surface area contributed by atoms with Crippen LogP contribution in [-0.4, -0.2) is 44.2 Å². The molecule has 1 aliphatic heterocycles. The summed E-state index contributed by atoms with van der Waals surface area (Å²) in [5.74, 6) is 0.967. The molecule has 3 nitrogen and oxygen atoms in total. The van der Waals surface area contributed by atoms with Crippen LogP contribution in [0, 0.1) is 0 Å². The van der Waals surface area contributed by atoms with Gasteiger partial charge in [-0.05, 0) is 43.7 Å². The van der Waals surface area contributed by atoms with E-state index < -0.39 is 0 Å². The van der Waals surface area contributed by atoms with Crippen LogP contribution >= 0.6 is 15.9 Å². The van der Waals surface area contributed by atoms with E-state index in [2.05, 4.69) is 26.1 Å². The monoisotopic (exact) mass is 340 g/mol. The molecule has 1 aromatic carbocycles. The molecule has 1 aromatic rings. The smallest absolute Gasteiger partial charge is 0.119 e. The number of benzene rings is 1.